The lowest BCUT2D eigenvalue weighted by atomic mass is 9.76. The van der Waals surface area contributed by atoms with Crippen LogP contribution < -0.4 is 0 Å². The van der Waals surface area contributed by atoms with E-state index >= 15 is 0 Å². The first-order valence-corrected chi connectivity index (χ1v) is 6.57. The van der Waals surface area contributed by atoms with Crippen molar-refractivity contribution in [1.82, 2.24) is 4.98 Å². The van der Waals surface area contributed by atoms with E-state index in [2.05, 4.69) is 10.1 Å². The number of hydrogen-bond donors (Lipinski definition) is 1. The van der Waals surface area contributed by atoms with Crippen LogP contribution in [0.25, 0.3) is 0 Å². The number of aliphatic carboxylic acids is 1. The van der Waals surface area contributed by atoms with Crippen molar-refractivity contribution in [2.24, 2.45) is 11.1 Å². The van der Waals surface area contributed by atoms with E-state index in [1.54, 1.807) is 12.4 Å². The van der Waals surface area contributed by atoms with Gasteiger partial charge in [-0.25, -0.2) is 0 Å². The summed E-state index contributed by atoms with van der Waals surface area (Å²) in [5, 5.41) is 13.2. The third-order valence-electron chi connectivity index (χ3n) is 4.08. The maximum Gasteiger partial charge on any atom is 0.306 e. The SMILES string of the molecule is O=C(O)C1CCC2(CC1)CC(c1cccnc1)=NO2. The molecule has 0 radical (unpaired) electrons. The number of nitrogens with zero attached hydrogens (tertiary/aromatic N) is 2. The molecule has 0 aromatic carbocycles. The summed E-state index contributed by atoms with van der Waals surface area (Å²) >= 11 is 0. The Labute approximate surface area is 111 Å². The van der Waals surface area contributed by atoms with E-state index in [1.165, 1.54) is 0 Å². The van der Waals surface area contributed by atoms with Crippen LogP contribution >= 0.6 is 0 Å². The van der Waals surface area contributed by atoms with Crippen molar-refractivity contribution in [2.45, 2.75) is 37.7 Å². The Balaban J connectivity index is 1.67. The van der Waals surface area contributed by atoms with Crippen molar-refractivity contribution in [3.63, 3.8) is 0 Å². The number of hydrogen-bond acceptors (Lipinski definition) is 4. The summed E-state index contributed by atoms with van der Waals surface area (Å²) in [6.07, 6.45) is 7.13. The van der Waals surface area contributed by atoms with Gasteiger partial charge in [-0.2, -0.15) is 0 Å². The summed E-state index contributed by atoms with van der Waals surface area (Å²) in [5.41, 5.74) is 1.62. The zero-order valence-electron chi connectivity index (χ0n) is 10.6. The first-order chi connectivity index (χ1) is 9.19. The number of pyridine rings is 1. The molecule has 0 unspecified atom stereocenters. The third kappa shape index (κ3) is 2.32. The lowest BCUT2D eigenvalue weighted by molar-refractivity contribution is -0.145. The molecule has 1 saturated carbocycles. The van der Waals surface area contributed by atoms with E-state index < -0.39 is 5.97 Å². The number of aromatic nitrogens is 1. The highest BCUT2D eigenvalue weighted by Crippen LogP contribution is 2.41. The van der Waals surface area contributed by atoms with Gasteiger partial charge in [0.1, 0.15) is 5.60 Å². The van der Waals surface area contributed by atoms with Gasteiger partial charge in [0, 0.05) is 24.4 Å². The van der Waals surface area contributed by atoms with Crippen LogP contribution in [-0.4, -0.2) is 27.4 Å². The van der Waals surface area contributed by atoms with Gasteiger partial charge in [-0.15, -0.1) is 0 Å². The minimum atomic E-state index is -0.693. The first-order valence-electron chi connectivity index (χ1n) is 6.57. The van der Waals surface area contributed by atoms with E-state index in [0.717, 1.165) is 30.5 Å². The van der Waals surface area contributed by atoms with Gasteiger partial charge in [0.25, 0.3) is 0 Å². The molecule has 1 spiro atoms. The summed E-state index contributed by atoms with van der Waals surface area (Å²) in [6, 6.07) is 3.85. The molecule has 0 saturated heterocycles. The van der Waals surface area contributed by atoms with E-state index in [-0.39, 0.29) is 11.5 Å². The number of rotatable bonds is 2. The van der Waals surface area contributed by atoms with Crippen LogP contribution in [0.5, 0.6) is 0 Å². The topological polar surface area (TPSA) is 71.8 Å². The Kier molecular flexibility index (Phi) is 2.97. The molecule has 3 rings (SSSR count). The third-order valence-corrected chi connectivity index (χ3v) is 4.08. The molecule has 1 aromatic heterocycles. The zero-order valence-corrected chi connectivity index (χ0v) is 10.6. The average molecular weight is 260 g/mol. The van der Waals surface area contributed by atoms with Crippen molar-refractivity contribution >= 4 is 11.7 Å². The molecule has 2 aliphatic rings. The highest BCUT2D eigenvalue weighted by atomic mass is 16.7. The van der Waals surface area contributed by atoms with E-state index in [0.29, 0.717) is 12.8 Å². The summed E-state index contributed by atoms with van der Waals surface area (Å²) in [7, 11) is 0. The highest BCUT2D eigenvalue weighted by molar-refractivity contribution is 6.01. The molecule has 1 aliphatic carbocycles. The molecule has 1 aliphatic heterocycles. The summed E-state index contributed by atoms with van der Waals surface area (Å²) < 4.78 is 0. The molecule has 1 fully saturated rings. The smallest absolute Gasteiger partial charge is 0.306 e. The van der Waals surface area contributed by atoms with Crippen molar-refractivity contribution in [2.75, 3.05) is 0 Å². The van der Waals surface area contributed by atoms with Crippen molar-refractivity contribution < 1.29 is 14.7 Å². The van der Waals surface area contributed by atoms with Crippen molar-refractivity contribution in [3.8, 4) is 0 Å². The van der Waals surface area contributed by atoms with Crippen LogP contribution in [0.4, 0.5) is 0 Å². The van der Waals surface area contributed by atoms with Crippen LogP contribution in [0.3, 0.4) is 0 Å². The molecule has 1 N–H and O–H groups in total. The summed E-state index contributed by atoms with van der Waals surface area (Å²) in [5.74, 6) is -0.919. The summed E-state index contributed by atoms with van der Waals surface area (Å²) in [4.78, 5) is 20.7. The molecule has 1 aromatic rings. The Hall–Kier alpha value is -1.91. The average Bonchev–Trinajstić information content (AvgIpc) is 2.84. The Morgan fingerprint density at radius 3 is 2.84 bits per heavy atom. The molecular weight excluding hydrogens is 244 g/mol. The fourth-order valence-electron chi connectivity index (χ4n) is 2.87. The first kappa shape index (κ1) is 12.1. The molecule has 19 heavy (non-hydrogen) atoms. The maximum absolute atomic E-state index is 11.0. The molecule has 2 heterocycles. The van der Waals surface area contributed by atoms with Gasteiger partial charge in [-0.05, 0) is 37.8 Å². The van der Waals surface area contributed by atoms with Crippen molar-refractivity contribution in [3.05, 3.63) is 30.1 Å². The van der Waals surface area contributed by atoms with Gasteiger partial charge in [0.15, 0.2) is 0 Å². The molecule has 0 amide bonds. The predicted molar refractivity (Wildman–Crippen MR) is 68.8 cm³/mol. The zero-order chi connectivity index (χ0) is 13.3. The quantitative estimate of drug-likeness (QED) is 0.885. The normalized spacial score (nSPS) is 29.9. The van der Waals surface area contributed by atoms with Crippen LogP contribution in [0.2, 0.25) is 0 Å². The molecule has 100 valence electrons. The lowest BCUT2D eigenvalue weighted by Crippen LogP contribution is -2.36. The van der Waals surface area contributed by atoms with Gasteiger partial charge >= 0.3 is 5.97 Å². The molecule has 5 nitrogen and oxygen atoms in total. The number of oxime groups is 1. The minimum absolute atomic E-state index is 0.225. The molecule has 0 bridgehead atoms. The molecular formula is C14H16N2O3. The number of carboxylic acids is 1. The Bertz CT molecular complexity index is 505. The van der Waals surface area contributed by atoms with Crippen LogP contribution in [0.1, 0.15) is 37.7 Å². The van der Waals surface area contributed by atoms with Crippen LogP contribution in [0, 0.1) is 5.92 Å². The van der Waals surface area contributed by atoms with E-state index in [4.69, 9.17) is 9.94 Å². The standard InChI is InChI=1S/C14H16N2O3/c17-13(18)10-3-5-14(6-4-10)8-12(16-19-14)11-2-1-7-15-9-11/h1-2,7,9-10H,3-6,8H2,(H,17,18). The second-order valence-corrected chi connectivity index (χ2v) is 5.34. The van der Waals surface area contributed by atoms with Gasteiger partial charge in [0.05, 0.1) is 11.6 Å². The molecule has 0 atom stereocenters. The van der Waals surface area contributed by atoms with Gasteiger partial charge in [-0.1, -0.05) is 5.16 Å². The fourth-order valence-corrected chi connectivity index (χ4v) is 2.87. The highest BCUT2D eigenvalue weighted by Gasteiger charge is 2.43. The number of carboxylic acid groups (broad SMARTS) is 1. The largest absolute Gasteiger partial charge is 0.481 e. The van der Waals surface area contributed by atoms with Crippen molar-refractivity contribution in [1.29, 1.82) is 0 Å². The monoisotopic (exact) mass is 260 g/mol. The van der Waals surface area contributed by atoms with E-state index in [9.17, 15) is 4.79 Å². The second kappa shape index (κ2) is 4.64. The fraction of sp³-hybridized carbons (Fsp3) is 0.500. The molecule has 5 heteroatoms. The van der Waals surface area contributed by atoms with Gasteiger partial charge in [-0.3, -0.25) is 9.78 Å². The lowest BCUT2D eigenvalue weighted by Gasteiger charge is -2.33. The maximum atomic E-state index is 11.0. The van der Waals surface area contributed by atoms with Gasteiger partial charge < -0.3 is 9.94 Å². The predicted octanol–water partition coefficient (Wildman–Crippen LogP) is 2.22. The summed E-state index contributed by atoms with van der Waals surface area (Å²) in [6.45, 7) is 0. The second-order valence-electron chi connectivity index (χ2n) is 5.34. The minimum Gasteiger partial charge on any atom is -0.481 e. The number of carbonyl (C=O) groups is 1. The Morgan fingerprint density at radius 1 is 1.42 bits per heavy atom. The van der Waals surface area contributed by atoms with Gasteiger partial charge in [0.2, 0.25) is 0 Å². The Morgan fingerprint density at radius 2 is 2.21 bits per heavy atom. The van der Waals surface area contributed by atoms with Crippen LogP contribution in [0.15, 0.2) is 29.7 Å². The van der Waals surface area contributed by atoms with E-state index in [1.807, 2.05) is 12.1 Å². The van der Waals surface area contributed by atoms with Crippen LogP contribution in [-0.2, 0) is 9.63 Å².